The van der Waals surface area contributed by atoms with Gasteiger partial charge in [-0.1, -0.05) is 115 Å². The van der Waals surface area contributed by atoms with Crippen molar-refractivity contribution in [3.63, 3.8) is 0 Å². The highest BCUT2D eigenvalue weighted by molar-refractivity contribution is 6.38. The number of aliphatic imine (C=N–C) groups is 1. The van der Waals surface area contributed by atoms with Crippen LogP contribution in [0.5, 0.6) is 0 Å². The fourth-order valence-electron chi connectivity index (χ4n) is 3.83. The van der Waals surface area contributed by atoms with Gasteiger partial charge in [0.15, 0.2) is 0 Å². The van der Waals surface area contributed by atoms with E-state index in [9.17, 15) is 0 Å². The van der Waals surface area contributed by atoms with Gasteiger partial charge in [0.05, 0.1) is 10.7 Å². The summed E-state index contributed by atoms with van der Waals surface area (Å²) in [4.78, 5) is 4.67. The molecular weight excluding hydrogens is 386 g/mol. The van der Waals surface area contributed by atoms with E-state index in [0.717, 1.165) is 45.8 Å². The minimum absolute atomic E-state index is 0.760. The number of hydrogen-bond acceptors (Lipinski definition) is 1. The van der Waals surface area contributed by atoms with Crippen LogP contribution in [0.25, 0.3) is 11.1 Å². The predicted molar refractivity (Wildman–Crippen MR) is 129 cm³/mol. The van der Waals surface area contributed by atoms with Crippen LogP contribution in [-0.4, -0.2) is 12.8 Å². The van der Waals surface area contributed by atoms with Crippen molar-refractivity contribution in [3.05, 3.63) is 130 Å². The molecule has 0 unspecified atom stereocenters. The molecule has 0 saturated heterocycles. The lowest BCUT2D eigenvalue weighted by Gasteiger charge is -2.18. The Morgan fingerprint density at radius 2 is 1.30 bits per heavy atom. The van der Waals surface area contributed by atoms with E-state index in [2.05, 4.69) is 71.7 Å². The van der Waals surface area contributed by atoms with E-state index in [1.54, 1.807) is 0 Å². The average Bonchev–Trinajstić information content (AvgIpc) is 2.81. The highest BCUT2D eigenvalue weighted by Crippen LogP contribution is 2.35. The molecule has 0 fully saturated rings. The van der Waals surface area contributed by atoms with E-state index in [1.807, 2.05) is 43.4 Å². The topological polar surface area (TPSA) is 12.4 Å². The van der Waals surface area contributed by atoms with Crippen molar-refractivity contribution in [1.29, 1.82) is 0 Å². The van der Waals surface area contributed by atoms with E-state index in [1.165, 1.54) is 11.1 Å². The van der Waals surface area contributed by atoms with Crippen molar-refractivity contribution in [1.82, 2.24) is 0 Å². The molecule has 0 aliphatic rings. The summed E-state index contributed by atoms with van der Waals surface area (Å²) < 4.78 is 0. The molecule has 0 aromatic heterocycles. The minimum Gasteiger partial charge on any atom is -0.287 e. The van der Waals surface area contributed by atoms with Crippen molar-refractivity contribution in [2.24, 2.45) is 4.99 Å². The molecule has 0 atom stereocenters. The van der Waals surface area contributed by atoms with E-state index >= 15 is 0 Å². The van der Waals surface area contributed by atoms with Crippen molar-refractivity contribution in [2.45, 2.75) is 12.8 Å². The molecule has 4 aromatic carbocycles. The van der Waals surface area contributed by atoms with Gasteiger partial charge in [0, 0.05) is 23.7 Å². The number of halogens is 1. The molecule has 4 rings (SSSR count). The van der Waals surface area contributed by atoms with Crippen LogP contribution in [0, 0.1) is 0 Å². The van der Waals surface area contributed by atoms with Crippen molar-refractivity contribution in [3.8, 4) is 11.1 Å². The third-order valence-corrected chi connectivity index (χ3v) is 5.74. The molecule has 0 spiro atoms. The van der Waals surface area contributed by atoms with Crippen LogP contribution in [0.3, 0.4) is 0 Å². The molecule has 4 aromatic rings. The molecule has 30 heavy (non-hydrogen) atoms. The van der Waals surface area contributed by atoms with Crippen LogP contribution < -0.4 is 0 Å². The molecule has 0 heterocycles. The van der Waals surface area contributed by atoms with Gasteiger partial charge in [0.1, 0.15) is 0 Å². The average molecular weight is 410 g/mol. The number of aryl methyl sites for hydroxylation is 2. The standard InChI is InChI=1S/C28H24ClN/c1-30-28(24-15-9-4-10-16-24)26-23(18-17-21-11-5-2-6-12-21)19-20-25(27(26)29)22-13-7-3-8-14-22/h2-16,19-20H,17-18H2,1H3/b30-28-. The van der Waals surface area contributed by atoms with Gasteiger partial charge in [-0.3, -0.25) is 4.99 Å². The summed E-state index contributed by atoms with van der Waals surface area (Å²) in [5.74, 6) is 0. The first-order valence-electron chi connectivity index (χ1n) is 10.2. The van der Waals surface area contributed by atoms with Gasteiger partial charge >= 0.3 is 0 Å². The molecule has 0 N–H and O–H groups in total. The van der Waals surface area contributed by atoms with Gasteiger partial charge < -0.3 is 0 Å². The summed E-state index contributed by atoms with van der Waals surface area (Å²) in [7, 11) is 1.84. The Morgan fingerprint density at radius 3 is 1.93 bits per heavy atom. The SMILES string of the molecule is C/N=C(/c1ccccc1)c1c(CCc2ccccc2)ccc(-c2ccccc2)c1Cl. The fraction of sp³-hybridized carbons (Fsp3) is 0.107. The van der Waals surface area contributed by atoms with Crippen LogP contribution >= 0.6 is 11.6 Å². The molecular formula is C28H24ClN. The van der Waals surface area contributed by atoms with Crippen molar-refractivity contribution < 1.29 is 0 Å². The van der Waals surface area contributed by atoms with Gasteiger partial charge in [-0.15, -0.1) is 0 Å². The first kappa shape index (κ1) is 20.1. The second kappa shape index (κ2) is 9.56. The molecule has 0 bridgehead atoms. The zero-order chi connectivity index (χ0) is 20.8. The van der Waals surface area contributed by atoms with E-state index < -0.39 is 0 Å². The molecule has 0 aliphatic carbocycles. The Morgan fingerprint density at radius 1 is 0.700 bits per heavy atom. The molecule has 1 nitrogen and oxygen atoms in total. The van der Waals surface area contributed by atoms with Gasteiger partial charge in [-0.2, -0.15) is 0 Å². The lowest BCUT2D eigenvalue weighted by Crippen LogP contribution is -2.10. The monoisotopic (exact) mass is 409 g/mol. The van der Waals surface area contributed by atoms with E-state index in [-0.39, 0.29) is 0 Å². The summed E-state index contributed by atoms with van der Waals surface area (Å²) in [5, 5.41) is 0.760. The Kier molecular flexibility index (Phi) is 6.41. The lowest BCUT2D eigenvalue weighted by molar-refractivity contribution is 0.957. The highest BCUT2D eigenvalue weighted by Gasteiger charge is 2.19. The van der Waals surface area contributed by atoms with Crippen LogP contribution in [0.15, 0.2) is 108 Å². The number of nitrogens with zero attached hydrogens (tertiary/aromatic N) is 1. The second-order valence-corrected chi connectivity index (χ2v) is 7.63. The Balaban J connectivity index is 1.82. The number of benzene rings is 4. The molecule has 2 heteroatoms. The molecule has 0 saturated carbocycles. The second-order valence-electron chi connectivity index (χ2n) is 7.25. The maximum Gasteiger partial charge on any atom is 0.0733 e. The molecule has 0 radical (unpaired) electrons. The van der Waals surface area contributed by atoms with E-state index in [0.29, 0.717) is 0 Å². The fourth-order valence-corrected chi connectivity index (χ4v) is 4.21. The lowest BCUT2D eigenvalue weighted by atomic mass is 9.90. The summed E-state index contributed by atoms with van der Waals surface area (Å²) in [6.45, 7) is 0. The van der Waals surface area contributed by atoms with Crippen molar-refractivity contribution >= 4 is 17.3 Å². The maximum atomic E-state index is 7.07. The summed E-state index contributed by atoms with van der Waals surface area (Å²) >= 11 is 7.07. The Hall–Kier alpha value is -3.16. The Bertz CT molecular complexity index is 1130. The quantitative estimate of drug-likeness (QED) is 0.297. The predicted octanol–water partition coefficient (Wildman–Crippen LogP) is 7.26. The largest absolute Gasteiger partial charge is 0.287 e. The first-order chi connectivity index (χ1) is 14.8. The summed E-state index contributed by atoms with van der Waals surface area (Å²) in [6.07, 6.45) is 1.86. The van der Waals surface area contributed by atoms with Gasteiger partial charge in [-0.05, 0) is 29.5 Å². The van der Waals surface area contributed by atoms with Crippen LogP contribution in [-0.2, 0) is 12.8 Å². The van der Waals surface area contributed by atoms with Gasteiger partial charge in [-0.25, -0.2) is 0 Å². The van der Waals surface area contributed by atoms with Crippen LogP contribution in [0.1, 0.15) is 22.3 Å². The van der Waals surface area contributed by atoms with E-state index in [4.69, 9.17) is 11.6 Å². The van der Waals surface area contributed by atoms with Gasteiger partial charge in [0.25, 0.3) is 0 Å². The smallest absolute Gasteiger partial charge is 0.0733 e. The summed E-state index contributed by atoms with van der Waals surface area (Å²) in [6, 6.07) is 35.5. The third kappa shape index (κ3) is 4.37. The Labute approximate surface area is 183 Å². The first-order valence-corrected chi connectivity index (χ1v) is 10.6. The van der Waals surface area contributed by atoms with Gasteiger partial charge in [0.2, 0.25) is 0 Å². The maximum absolute atomic E-state index is 7.07. The minimum atomic E-state index is 0.760. The zero-order valence-corrected chi connectivity index (χ0v) is 17.8. The van der Waals surface area contributed by atoms with Crippen molar-refractivity contribution in [2.75, 3.05) is 7.05 Å². The van der Waals surface area contributed by atoms with Crippen LogP contribution in [0.4, 0.5) is 0 Å². The third-order valence-electron chi connectivity index (χ3n) is 5.35. The number of hydrogen-bond donors (Lipinski definition) is 0. The normalized spacial score (nSPS) is 11.5. The molecule has 0 aliphatic heterocycles. The molecule has 148 valence electrons. The summed E-state index contributed by atoms with van der Waals surface area (Å²) in [5.41, 5.74) is 7.72. The highest BCUT2D eigenvalue weighted by atomic mass is 35.5. The van der Waals surface area contributed by atoms with Crippen LogP contribution in [0.2, 0.25) is 5.02 Å². The number of rotatable bonds is 6. The molecule has 0 amide bonds. The zero-order valence-electron chi connectivity index (χ0n) is 17.1.